The summed E-state index contributed by atoms with van der Waals surface area (Å²) in [5.41, 5.74) is 1.97. The molecular weight excluding hydrogens is 230 g/mol. The average Bonchev–Trinajstić information content (AvgIpc) is 2.28. The van der Waals surface area contributed by atoms with Gasteiger partial charge in [-0.15, -0.1) is 0 Å². The van der Waals surface area contributed by atoms with Crippen molar-refractivity contribution in [3.05, 3.63) is 24.2 Å². The van der Waals surface area contributed by atoms with Gasteiger partial charge in [0, 0.05) is 23.0 Å². The van der Waals surface area contributed by atoms with Crippen LogP contribution in [0.4, 0.5) is 0 Å². The summed E-state index contributed by atoms with van der Waals surface area (Å²) in [6, 6.07) is 1.97. The molecule has 0 aliphatic heterocycles. The third-order valence-electron chi connectivity index (χ3n) is 2.60. The first-order valence-electron chi connectivity index (χ1n) is 5.88. The highest BCUT2D eigenvalue weighted by Crippen LogP contribution is 2.21. The van der Waals surface area contributed by atoms with E-state index in [9.17, 15) is 0 Å². The van der Waals surface area contributed by atoms with Gasteiger partial charge in [-0.3, -0.25) is 4.98 Å². The predicted molar refractivity (Wildman–Crippen MR) is 72.2 cm³/mol. The first-order valence-corrected chi connectivity index (χ1v) is 6.86. The lowest BCUT2D eigenvalue weighted by atomic mass is 10.2. The summed E-state index contributed by atoms with van der Waals surface area (Å²) in [5, 5.41) is 1.96. The van der Waals surface area contributed by atoms with Crippen LogP contribution in [0, 0.1) is 12.8 Å². The van der Waals surface area contributed by atoms with Crippen molar-refractivity contribution in [2.24, 2.45) is 5.92 Å². The topological polar surface area (TPSA) is 38.7 Å². The van der Waals surface area contributed by atoms with Crippen molar-refractivity contribution in [2.75, 3.05) is 5.75 Å². The summed E-state index contributed by atoms with van der Waals surface area (Å²) in [6.07, 6.45) is 4.78. The normalized spacial score (nSPS) is 11.3. The molecule has 90 valence electrons. The van der Waals surface area contributed by atoms with E-state index in [0.717, 1.165) is 33.4 Å². The van der Waals surface area contributed by atoms with Gasteiger partial charge in [0.2, 0.25) is 0 Å². The minimum absolute atomic E-state index is 0.728. The predicted octanol–water partition coefficient (Wildman–Crippen LogP) is 3.47. The van der Waals surface area contributed by atoms with Crippen molar-refractivity contribution in [3.63, 3.8) is 0 Å². The summed E-state index contributed by atoms with van der Waals surface area (Å²) < 4.78 is 0. The number of hydrogen-bond donors (Lipinski definition) is 0. The Morgan fingerprint density at radius 3 is 2.88 bits per heavy atom. The van der Waals surface area contributed by atoms with E-state index in [1.165, 1.54) is 6.42 Å². The molecule has 2 rings (SSSR count). The third kappa shape index (κ3) is 3.16. The molecule has 0 spiro atoms. The standard InChI is InChI=1S/C13H17N3S/c1-9(2)5-7-17-13-15-10(3)11-4-6-14-8-12(11)16-13/h4,6,8-9H,5,7H2,1-3H3. The summed E-state index contributed by atoms with van der Waals surface area (Å²) in [6.45, 7) is 6.49. The molecule has 0 N–H and O–H groups in total. The molecule has 0 aromatic carbocycles. The number of fused-ring (bicyclic) bond motifs is 1. The van der Waals surface area contributed by atoms with Crippen LogP contribution in [-0.2, 0) is 0 Å². The van der Waals surface area contributed by atoms with Gasteiger partial charge in [0.05, 0.1) is 11.7 Å². The highest BCUT2D eigenvalue weighted by Gasteiger charge is 2.05. The van der Waals surface area contributed by atoms with Gasteiger partial charge in [0.25, 0.3) is 0 Å². The maximum Gasteiger partial charge on any atom is 0.188 e. The minimum atomic E-state index is 0.728. The van der Waals surface area contributed by atoms with Gasteiger partial charge in [0.1, 0.15) is 0 Å². The SMILES string of the molecule is Cc1nc(SCCC(C)C)nc2cnccc12. The van der Waals surface area contributed by atoms with E-state index < -0.39 is 0 Å². The van der Waals surface area contributed by atoms with E-state index in [1.54, 1.807) is 24.2 Å². The van der Waals surface area contributed by atoms with Crippen molar-refractivity contribution in [2.45, 2.75) is 32.3 Å². The first-order chi connectivity index (χ1) is 8.16. The Morgan fingerprint density at radius 2 is 2.12 bits per heavy atom. The zero-order valence-corrected chi connectivity index (χ0v) is 11.3. The Labute approximate surface area is 106 Å². The Morgan fingerprint density at radius 1 is 1.29 bits per heavy atom. The van der Waals surface area contributed by atoms with Crippen LogP contribution in [0.1, 0.15) is 26.0 Å². The molecule has 0 aliphatic rings. The molecule has 0 radical (unpaired) electrons. The largest absolute Gasteiger partial charge is 0.262 e. The fraction of sp³-hybridized carbons (Fsp3) is 0.462. The van der Waals surface area contributed by atoms with Crippen molar-refractivity contribution in [1.29, 1.82) is 0 Å². The summed E-state index contributed by atoms with van der Waals surface area (Å²) in [4.78, 5) is 13.1. The number of hydrogen-bond acceptors (Lipinski definition) is 4. The summed E-state index contributed by atoms with van der Waals surface area (Å²) >= 11 is 1.73. The Balaban J connectivity index is 2.19. The second-order valence-corrected chi connectivity index (χ2v) is 5.58. The van der Waals surface area contributed by atoms with Crippen LogP contribution in [0.25, 0.3) is 10.9 Å². The van der Waals surface area contributed by atoms with Gasteiger partial charge in [-0.25, -0.2) is 9.97 Å². The van der Waals surface area contributed by atoms with E-state index in [4.69, 9.17) is 0 Å². The zero-order valence-electron chi connectivity index (χ0n) is 10.5. The van der Waals surface area contributed by atoms with Gasteiger partial charge < -0.3 is 0 Å². The van der Waals surface area contributed by atoms with E-state index in [2.05, 4.69) is 28.8 Å². The van der Waals surface area contributed by atoms with Gasteiger partial charge in [-0.05, 0) is 25.3 Å². The van der Waals surface area contributed by atoms with E-state index in [0.29, 0.717) is 0 Å². The highest BCUT2D eigenvalue weighted by molar-refractivity contribution is 7.99. The highest BCUT2D eigenvalue weighted by atomic mass is 32.2. The molecule has 17 heavy (non-hydrogen) atoms. The lowest BCUT2D eigenvalue weighted by Gasteiger charge is -2.06. The molecule has 3 nitrogen and oxygen atoms in total. The van der Waals surface area contributed by atoms with E-state index in [1.807, 2.05) is 13.0 Å². The number of thioether (sulfide) groups is 1. The second kappa shape index (κ2) is 5.45. The van der Waals surface area contributed by atoms with Gasteiger partial charge in [-0.2, -0.15) is 0 Å². The first kappa shape index (κ1) is 12.3. The zero-order chi connectivity index (χ0) is 12.3. The fourth-order valence-corrected chi connectivity index (χ4v) is 2.70. The van der Waals surface area contributed by atoms with Crippen LogP contribution in [-0.4, -0.2) is 20.7 Å². The molecule has 0 bridgehead atoms. The molecular formula is C13H17N3S. The van der Waals surface area contributed by atoms with Crippen LogP contribution >= 0.6 is 11.8 Å². The molecule has 2 aromatic heterocycles. The van der Waals surface area contributed by atoms with Gasteiger partial charge >= 0.3 is 0 Å². The molecule has 0 unspecified atom stereocenters. The molecule has 0 amide bonds. The average molecular weight is 247 g/mol. The van der Waals surface area contributed by atoms with Crippen LogP contribution < -0.4 is 0 Å². The number of rotatable bonds is 4. The van der Waals surface area contributed by atoms with Gasteiger partial charge in [-0.1, -0.05) is 25.6 Å². The maximum absolute atomic E-state index is 4.52. The fourth-order valence-electron chi connectivity index (χ4n) is 1.56. The van der Waals surface area contributed by atoms with Crippen LogP contribution in [0.2, 0.25) is 0 Å². The van der Waals surface area contributed by atoms with Crippen molar-refractivity contribution in [3.8, 4) is 0 Å². The molecule has 0 aliphatic carbocycles. The number of pyridine rings is 1. The lowest BCUT2D eigenvalue weighted by Crippen LogP contribution is -1.95. The number of nitrogens with zero attached hydrogens (tertiary/aromatic N) is 3. The van der Waals surface area contributed by atoms with Crippen LogP contribution in [0.15, 0.2) is 23.6 Å². The van der Waals surface area contributed by atoms with E-state index in [-0.39, 0.29) is 0 Å². The molecule has 0 fully saturated rings. The number of aromatic nitrogens is 3. The maximum atomic E-state index is 4.52. The molecule has 0 saturated carbocycles. The van der Waals surface area contributed by atoms with Crippen LogP contribution in [0.3, 0.4) is 0 Å². The monoisotopic (exact) mass is 247 g/mol. The molecule has 2 heterocycles. The second-order valence-electron chi connectivity index (χ2n) is 4.52. The van der Waals surface area contributed by atoms with Gasteiger partial charge in [0.15, 0.2) is 5.16 Å². The van der Waals surface area contributed by atoms with Crippen LogP contribution in [0.5, 0.6) is 0 Å². The van der Waals surface area contributed by atoms with Crippen molar-refractivity contribution < 1.29 is 0 Å². The lowest BCUT2D eigenvalue weighted by molar-refractivity contribution is 0.631. The Kier molecular flexibility index (Phi) is 3.94. The Bertz CT molecular complexity index is 511. The Hall–Kier alpha value is -1.16. The molecule has 2 aromatic rings. The molecule has 0 saturated heterocycles. The summed E-state index contributed by atoms with van der Waals surface area (Å²) in [7, 11) is 0. The van der Waals surface area contributed by atoms with Crippen molar-refractivity contribution >= 4 is 22.7 Å². The molecule has 0 atom stereocenters. The summed E-state index contributed by atoms with van der Waals surface area (Å²) in [5.74, 6) is 1.80. The minimum Gasteiger partial charge on any atom is -0.262 e. The number of aryl methyl sites for hydroxylation is 1. The third-order valence-corrected chi connectivity index (χ3v) is 3.48. The van der Waals surface area contributed by atoms with Crippen molar-refractivity contribution in [1.82, 2.24) is 15.0 Å². The molecule has 4 heteroatoms. The smallest absolute Gasteiger partial charge is 0.188 e. The van der Waals surface area contributed by atoms with E-state index >= 15 is 0 Å². The quantitative estimate of drug-likeness (QED) is 0.612.